The highest BCUT2D eigenvalue weighted by molar-refractivity contribution is 7.91. The van der Waals surface area contributed by atoms with E-state index < -0.39 is 10.0 Å². The Balaban J connectivity index is 1.33. The number of halogens is 2. The zero-order chi connectivity index (χ0) is 21.3. The van der Waals surface area contributed by atoms with Gasteiger partial charge in [-0.25, -0.2) is 12.8 Å². The smallest absolute Gasteiger partial charge is 0.252 e. The summed E-state index contributed by atoms with van der Waals surface area (Å²) in [7, 11) is -3.57. The normalized spacial score (nSPS) is 18.2. The lowest BCUT2D eigenvalue weighted by atomic mass is 10.2. The first-order valence-electron chi connectivity index (χ1n) is 9.85. The topological polar surface area (TPSA) is 60.9 Å². The van der Waals surface area contributed by atoms with Crippen molar-refractivity contribution in [2.75, 3.05) is 32.7 Å². The Bertz CT molecular complexity index is 1000. The van der Waals surface area contributed by atoms with Crippen LogP contribution in [0.5, 0.6) is 0 Å². The van der Waals surface area contributed by atoms with Gasteiger partial charge in [-0.3, -0.25) is 9.69 Å². The average Bonchev–Trinajstić information content (AvgIpc) is 3.49. The van der Waals surface area contributed by atoms with Gasteiger partial charge in [0.1, 0.15) is 10.0 Å². The lowest BCUT2D eigenvalue weighted by molar-refractivity contribution is -0.133. The molecule has 1 aliphatic carbocycles. The molecule has 1 aromatic heterocycles. The summed E-state index contributed by atoms with van der Waals surface area (Å²) in [6.07, 6.45) is 2.12. The molecule has 0 atom stereocenters. The van der Waals surface area contributed by atoms with Crippen molar-refractivity contribution in [3.05, 3.63) is 52.1 Å². The number of piperazine rings is 1. The maximum absolute atomic E-state index is 13.1. The van der Waals surface area contributed by atoms with Crippen LogP contribution in [0.1, 0.15) is 18.4 Å². The highest BCUT2D eigenvalue weighted by Gasteiger charge is 2.34. The third-order valence-corrected chi connectivity index (χ3v) is 9.03. The Morgan fingerprint density at radius 3 is 2.33 bits per heavy atom. The Labute approximate surface area is 184 Å². The average molecular weight is 472 g/mol. The zero-order valence-electron chi connectivity index (χ0n) is 16.3. The summed E-state index contributed by atoms with van der Waals surface area (Å²) in [5, 5.41) is 0. The highest BCUT2D eigenvalue weighted by atomic mass is 35.5. The molecule has 10 heteroatoms. The van der Waals surface area contributed by atoms with Gasteiger partial charge in [-0.15, -0.1) is 11.3 Å². The summed E-state index contributed by atoms with van der Waals surface area (Å²) in [5.41, 5.74) is 0.974. The van der Waals surface area contributed by atoms with Crippen LogP contribution in [0.25, 0.3) is 0 Å². The fourth-order valence-corrected chi connectivity index (χ4v) is 6.65. The van der Waals surface area contributed by atoms with Gasteiger partial charge >= 0.3 is 0 Å². The molecule has 2 aromatic rings. The number of nitrogens with zero attached hydrogens (tertiary/aromatic N) is 3. The molecule has 0 radical (unpaired) electrons. The van der Waals surface area contributed by atoms with Crippen LogP contribution in [0.3, 0.4) is 0 Å². The molecule has 6 nitrogen and oxygen atoms in total. The minimum Gasteiger partial charge on any atom is -0.339 e. The summed E-state index contributed by atoms with van der Waals surface area (Å²) in [5.74, 6) is -0.273. The SMILES string of the molecule is O=C(CN(Cc1ccc(F)cc1)C1CC1)N1CCN(S(=O)(=O)c2ccc(Cl)s2)CC1. The van der Waals surface area contributed by atoms with Crippen molar-refractivity contribution < 1.29 is 17.6 Å². The third-order valence-electron chi connectivity index (χ3n) is 5.43. The van der Waals surface area contributed by atoms with E-state index in [9.17, 15) is 17.6 Å². The molecule has 0 N–H and O–H groups in total. The fourth-order valence-electron chi connectivity index (χ4n) is 3.59. The Morgan fingerprint density at radius 1 is 1.10 bits per heavy atom. The molecule has 1 aliphatic heterocycles. The molecule has 0 bridgehead atoms. The summed E-state index contributed by atoms with van der Waals surface area (Å²) in [4.78, 5) is 16.7. The first kappa shape index (κ1) is 21.7. The first-order valence-corrected chi connectivity index (χ1v) is 12.5. The van der Waals surface area contributed by atoms with Crippen molar-refractivity contribution in [1.82, 2.24) is 14.1 Å². The van der Waals surface area contributed by atoms with Gasteiger partial charge < -0.3 is 4.90 Å². The molecule has 1 saturated carbocycles. The minimum absolute atomic E-state index is 0.000211. The maximum atomic E-state index is 13.1. The van der Waals surface area contributed by atoms with E-state index in [1.54, 1.807) is 23.1 Å². The molecule has 1 saturated heterocycles. The van der Waals surface area contributed by atoms with Crippen molar-refractivity contribution in [2.45, 2.75) is 29.6 Å². The molecule has 4 rings (SSSR count). The number of rotatable bonds is 7. The summed E-state index contributed by atoms with van der Waals surface area (Å²) < 4.78 is 40.7. The molecule has 30 heavy (non-hydrogen) atoms. The van der Waals surface area contributed by atoms with Crippen molar-refractivity contribution in [3.8, 4) is 0 Å². The summed E-state index contributed by atoms with van der Waals surface area (Å²) >= 11 is 6.92. The molecular weight excluding hydrogens is 449 g/mol. The van der Waals surface area contributed by atoms with Gasteiger partial charge in [0.15, 0.2) is 0 Å². The zero-order valence-corrected chi connectivity index (χ0v) is 18.7. The van der Waals surface area contributed by atoms with Crippen LogP contribution >= 0.6 is 22.9 Å². The minimum atomic E-state index is -3.57. The van der Waals surface area contributed by atoms with E-state index in [-0.39, 0.29) is 35.6 Å². The van der Waals surface area contributed by atoms with Crippen LogP contribution in [0.4, 0.5) is 4.39 Å². The van der Waals surface area contributed by atoms with Crippen LogP contribution < -0.4 is 0 Å². The maximum Gasteiger partial charge on any atom is 0.252 e. The quantitative estimate of drug-likeness (QED) is 0.622. The van der Waals surface area contributed by atoms with E-state index in [0.717, 1.165) is 29.7 Å². The molecule has 1 amide bonds. The molecule has 2 heterocycles. The van der Waals surface area contributed by atoms with Crippen molar-refractivity contribution in [2.24, 2.45) is 0 Å². The Kier molecular flexibility index (Phi) is 6.45. The number of carbonyl (C=O) groups is 1. The number of amides is 1. The number of sulfonamides is 1. The van der Waals surface area contributed by atoms with Crippen molar-refractivity contribution >= 4 is 38.9 Å². The van der Waals surface area contributed by atoms with E-state index in [0.29, 0.717) is 30.0 Å². The summed E-state index contributed by atoms with van der Waals surface area (Å²) in [6.45, 7) is 2.16. The molecular formula is C20H23ClFN3O3S2. The lowest BCUT2D eigenvalue weighted by Gasteiger charge is -2.35. The molecule has 162 valence electrons. The van der Waals surface area contributed by atoms with E-state index in [1.807, 2.05) is 0 Å². The third kappa shape index (κ3) is 5.03. The molecule has 1 aromatic carbocycles. The molecule has 0 spiro atoms. The standard InChI is InChI=1S/C20H23ClFN3O3S2/c21-18-7-8-20(29-18)30(27,28)25-11-9-23(10-12-25)19(26)14-24(17-5-6-17)13-15-1-3-16(22)4-2-15/h1-4,7-8,17H,5-6,9-14H2. The number of hydrogen-bond acceptors (Lipinski definition) is 5. The Hall–Kier alpha value is -1.52. The Morgan fingerprint density at radius 2 is 1.77 bits per heavy atom. The molecule has 0 unspecified atom stereocenters. The van der Waals surface area contributed by atoms with E-state index >= 15 is 0 Å². The number of hydrogen-bond donors (Lipinski definition) is 0. The van der Waals surface area contributed by atoms with E-state index in [4.69, 9.17) is 11.6 Å². The largest absolute Gasteiger partial charge is 0.339 e. The van der Waals surface area contributed by atoms with Gasteiger partial charge in [0.2, 0.25) is 5.91 Å². The van der Waals surface area contributed by atoms with Crippen LogP contribution in [0.2, 0.25) is 4.34 Å². The van der Waals surface area contributed by atoms with Crippen LogP contribution in [0, 0.1) is 5.82 Å². The van der Waals surface area contributed by atoms with Crippen LogP contribution in [-0.2, 0) is 21.4 Å². The van der Waals surface area contributed by atoms with E-state index in [2.05, 4.69) is 4.90 Å². The van der Waals surface area contributed by atoms with Gasteiger partial charge in [-0.05, 0) is 42.7 Å². The number of benzene rings is 1. The molecule has 2 fully saturated rings. The highest BCUT2D eigenvalue weighted by Crippen LogP contribution is 2.30. The fraction of sp³-hybridized carbons (Fsp3) is 0.450. The predicted octanol–water partition coefficient (Wildman–Crippen LogP) is 3.04. The van der Waals surface area contributed by atoms with Gasteiger partial charge in [0.25, 0.3) is 10.0 Å². The van der Waals surface area contributed by atoms with Crippen molar-refractivity contribution in [1.29, 1.82) is 0 Å². The first-order chi connectivity index (χ1) is 14.3. The van der Waals surface area contributed by atoms with Gasteiger partial charge in [0, 0.05) is 38.8 Å². The lowest BCUT2D eigenvalue weighted by Crippen LogP contribution is -2.52. The van der Waals surface area contributed by atoms with Gasteiger partial charge in [-0.1, -0.05) is 23.7 Å². The number of thiophene rings is 1. The predicted molar refractivity (Wildman–Crippen MR) is 114 cm³/mol. The van der Waals surface area contributed by atoms with Crippen molar-refractivity contribution in [3.63, 3.8) is 0 Å². The van der Waals surface area contributed by atoms with Gasteiger partial charge in [-0.2, -0.15) is 4.31 Å². The van der Waals surface area contributed by atoms with Crippen LogP contribution in [-0.4, -0.2) is 67.2 Å². The monoisotopic (exact) mass is 471 g/mol. The second kappa shape index (κ2) is 8.92. The second-order valence-corrected chi connectivity index (χ2v) is 11.5. The van der Waals surface area contributed by atoms with Gasteiger partial charge in [0.05, 0.1) is 10.9 Å². The number of carbonyl (C=O) groups excluding carboxylic acids is 1. The van der Waals surface area contributed by atoms with E-state index in [1.165, 1.54) is 22.5 Å². The summed E-state index contributed by atoms with van der Waals surface area (Å²) in [6, 6.07) is 9.83. The molecule has 2 aliphatic rings. The van der Waals surface area contributed by atoms with Crippen LogP contribution in [0.15, 0.2) is 40.6 Å². The second-order valence-electron chi connectivity index (χ2n) is 7.61.